The van der Waals surface area contributed by atoms with Gasteiger partial charge in [0, 0.05) is 24.0 Å². The van der Waals surface area contributed by atoms with Gasteiger partial charge >= 0.3 is 0 Å². The van der Waals surface area contributed by atoms with E-state index in [1.54, 1.807) is 24.5 Å². The molecule has 4 nitrogen and oxygen atoms in total. The molecule has 1 aliphatic heterocycles. The Morgan fingerprint density at radius 1 is 1.27 bits per heavy atom. The van der Waals surface area contributed by atoms with Gasteiger partial charge in [0.15, 0.2) is 0 Å². The van der Waals surface area contributed by atoms with E-state index >= 15 is 0 Å². The molecule has 2 atom stereocenters. The number of benzene rings is 1. The average Bonchev–Trinajstić information content (AvgIpc) is 3.00. The van der Waals surface area contributed by atoms with Crippen LogP contribution in [0.1, 0.15) is 23.7 Å². The molecule has 2 heterocycles. The summed E-state index contributed by atoms with van der Waals surface area (Å²) >= 11 is 0. The Balaban J connectivity index is 1.79. The van der Waals surface area contributed by atoms with E-state index in [0.717, 1.165) is 30.6 Å². The van der Waals surface area contributed by atoms with E-state index in [0.29, 0.717) is 11.5 Å². The predicted octanol–water partition coefficient (Wildman–Crippen LogP) is 2.55. The standard InChI is InChI=1S/C17H20FN3O/c1-11-8-19-7-6-16(11)21-17(22)15-10-20-9-14(15)12-2-4-13(18)5-3-12/h2-5,9-11,16,19-20H,6-8H2,1H3,(H,21,22). The van der Waals surface area contributed by atoms with Crippen LogP contribution >= 0.6 is 0 Å². The summed E-state index contributed by atoms with van der Waals surface area (Å²) < 4.78 is 13.0. The van der Waals surface area contributed by atoms with Crippen LogP contribution < -0.4 is 10.6 Å². The molecule has 2 aromatic rings. The Hall–Kier alpha value is -2.14. The molecule has 2 unspecified atom stereocenters. The second kappa shape index (κ2) is 6.32. The van der Waals surface area contributed by atoms with Crippen molar-refractivity contribution in [2.75, 3.05) is 13.1 Å². The molecular weight excluding hydrogens is 281 g/mol. The zero-order valence-electron chi connectivity index (χ0n) is 12.5. The highest BCUT2D eigenvalue weighted by molar-refractivity contribution is 6.00. The minimum absolute atomic E-state index is 0.0840. The maximum absolute atomic E-state index is 13.0. The number of rotatable bonds is 3. The van der Waals surface area contributed by atoms with E-state index < -0.39 is 0 Å². The number of halogens is 1. The van der Waals surface area contributed by atoms with E-state index in [1.165, 1.54) is 12.1 Å². The average molecular weight is 301 g/mol. The first kappa shape index (κ1) is 14.8. The molecule has 1 amide bonds. The first-order valence-electron chi connectivity index (χ1n) is 7.59. The van der Waals surface area contributed by atoms with E-state index in [4.69, 9.17) is 0 Å². The maximum Gasteiger partial charge on any atom is 0.253 e. The van der Waals surface area contributed by atoms with Crippen LogP contribution in [0.25, 0.3) is 11.1 Å². The van der Waals surface area contributed by atoms with Crippen molar-refractivity contribution in [3.8, 4) is 11.1 Å². The molecule has 0 radical (unpaired) electrons. The minimum Gasteiger partial charge on any atom is -0.366 e. The van der Waals surface area contributed by atoms with Crippen molar-refractivity contribution in [1.29, 1.82) is 0 Å². The summed E-state index contributed by atoms with van der Waals surface area (Å²) in [6, 6.07) is 6.35. The molecule has 22 heavy (non-hydrogen) atoms. The molecule has 1 saturated heterocycles. The molecule has 1 aromatic carbocycles. The van der Waals surface area contributed by atoms with Gasteiger partial charge in [-0.15, -0.1) is 0 Å². The maximum atomic E-state index is 13.0. The van der Waals surface area contributed by atoms with Crippen LogP contribution in [0.5, 0.6) is 0 Å². The number of hydrogen-bond acceptors (Lipinski definition) is 2. The highest BCUT2D eigenvalue weighted by atomic mass is 19.1. The number of piperidine rings is 1. The summed E-state index contributed by atoms with van der Waals surface area (Å²) in [5, 5.41) is 6.44. The SMILES string of the molecule is CC1CNCCC1NC(=O)c1c[nH]cc1-c1ccc(F)cc1. The molecule has 1 aliphatic rings. The Labute approximate surface area is 129 Å². The number of carbonyl (C=O) groups excluding carboxylic acids is 1. The Morgan fingerprint density at radius 2 is 2.05 bits per heavy atom. The lowest BCUT2D eigenvalue weighted by molar-refractivity contribution is 0.0915. The van der Waals surface area contributed by atoms with Crippen LogP contribution in [0, 0.1) is 11.7 Å². The third-order valence-corrected chi connectivity index (χ3v) is 4.25. The molecule has 5 heteroatoms. The second-order valence-corrected chi connectivity index (χ2v) is 5.84. The summed E-state index contributed by atoms with van der Waals surface area (Å²) in [6.45, 7) is 3.98. The third-order valence-electron chi connectivity index (χ3n) is 4.25. The van der Waals surface area contributed by atoms with Crippen molar-refractivity contribution in [1.82, 2.24) is 15.6 Å². The van der Waals surface area contributed by atoms with Crippen LogP contribution in [0.3, 0.4) is 0 Å². The van der Waals surface area contributed by atoms with Crippen molar-refractivity contribution < 1.29 is 9.18 Å². The van der Waals surface area contributed by atoms with E-state index in [1.807, 2.05) is 0 Å². The lowest BCUT2D eigenvalue weighted by atomic mass is 9.94. The molecule has 3 N–H and O–H groups in total. The van der Waals surface area contributed by atoms with Gasteiger partial charge in [0.1, 0.15) is 5.82 Å². The molecule has 0 saturated carbocycles. The summed E-state index contributed by atoms with van der Waals surface area (Å²) in [5.74, 6) is 0.0408. The van der Waals surface area contributed by atoms with Gasteiger partial charge in [0.2, 0.25) is 0 Å². The fourth-order valence-corrected chi connectivity index (χ4v) is 2.89. The highest BCUT2D eigenvalue weighted by Crippen LogP contribution is 2.24. The predicted molar refractivity (Wildman–Crippen MR) is 84.1 cm³/mol. The number of carbonyl (C=O) groups is 1. The number of H-pyrrole nitrogens is 1. The molecule has 1 fully saturated rings. The van der Waals surface area contributed by atoms with Crippen molar-refractivity contribution in [2.45, 2.75) is 19.4 Å². The summed E-state index contributed by atoms with van der Waals surface area (Å²) in [5.41, 5.74) is 2.21. The summed E-state index contributed by atoms with van der Waals surface area (Å²) in [6.07, 6.45) is 4.40. The van der Waals surface area contributed by atoms with Gasteiger partial charge in [-0.1, -0.05) is 19.1 Å². The third kappa shape index (κ3) is 3.04. The fourth-order valence-electron chi connectivity index (χ4n) is 2.89. The van der Waals surface area contributed by atoms with Crippen LogP contribution in [0.2, 0.25) is 0 Å². The van der Waals surface area contributed by atoms with Crippen molar-refractivity contribution >= 4 is 5.91 Å². The Morgan fingerprint density at radius 3 is 2.77 bits per heavy atom. The zero-order chi connectivity index (χ0) is 15.5. The second-order valence-electron chi connectivity index (χ2n) is 5.84. The first-order chi connectivity index (χ1) is 10.6. The van der Waals surface area contributed by atoms with Crippen LogP contribution in [-0.4, -0.2) is 30.0 Å². The van der Waals surface area contributed by atoms with Crippen molar-refractivity contribution in [3.05, 3.63) is 48.0 Å². The lowest BCUT2D eigenvalue weighted by Crippen LogP contribution is -2.48. The van der Waals surface area contributed by atoms with Crippen LogP contribution in [0.15, 0.2) is 36.7 Å². The van der Waals surface area contributed by atoms with Crippen molar-refractivity contribution in [3.63, 3.8) is 0 Å². The molecule has 0 aliphatic carbocycles. The molecule has 0 bridgehead atoms. The molecule has 3 rings (SSSR count). The largest absolute Gasteiger partial charge is 0.366 e. The van der Waals surface area contributed by atoms with E-state index in [9.17, 15) is 9.18 Å². The molecule has 0 spiro atoms. The van der Waals surface area contributed by atoms with Crippen molar-refractivity contribution in [2.24, 2.45) is 5.92 Å². The number of aromatic nitrogens is 1. The topological polar surface area (TPSA) is 56.9 Å². The van der Waals surface area contributed by atoms with E-state index in [2.05, 4.69) is 22.5 Å². The highest BCUT2D eigenvalue weighted by Gasteiger charge is 2.24. The first-order valence-corrected chi connectivity index (χ1v) is 7.59. The van der Waals surface area contributed by atoms with Crippen LogP contribution in [0.4, 0.5) is 4.39 Å². The lowest BCUT2D eigenvalue weighted by Gasteiger charge is -2.30. The van der Waals surface area contributed by atoms with Gasteiger partial charge in [0.05, 0.1) is 5.56 Å². The number of aromatic amines is 1. The smallest absolute Gasteiger partial charge is 0.253 e. The van der Waals surface area contributed by atoms with E-state index in [-0.39, 0.29) is 17.8 Å². The monoisotopic (exact) mass is 301 g/mol. The number of nitrogens with one attached hydrogen (secondary N) is 3. The quantitative estimate of drug-likeness (QED) is 0.816. The van der Waals surface area contributed by atoms with Gasteiger partial charge in [0.25, 0.3) is 5.91 Å². The van der Waals surface area contributed by atoms with Crippen LogP contribution in [-0.2, 0) is 0 Å². The summed E-state index contributed by atoms with van der Waals surface area (Å²) in [4.78, 5) is 15.5. The molecule has 116 valence electrons. The Kier molecular flexibility index (Phi) is 4.24. The molecular formula is C17H20FN3O. The van der Waals surface area contributed by atoms with Gasteiger partial charge in [-0.2, -0.15) is 0 Å². The van der Waals surface area contributed by atoms with Gasteiger partial charge < -0.3 is 15.6 Å². The van der Waals surface area contributed by atoms with Gasteiger partial charge in [-0.25, -0.2) is 4.39 Å². The molecule has 1 aromatic heterocycles. The number of amides is 1. The number of hydrogen-bond donors (Lipinski definition) is 3. The fraction of sp³-hybridized carbons (Fsp3) is 0.353. The zero-order valence-corrected chi connectivity index (χ0v) is 12.5. The normalized spacial score (nSPS) is 21.5. The Bertz CT molecular complexity index is 650. The minimum atomic E-state index is -0.284. The summed E-state index contributed by atoms with van der Waals surface area (Å²) in [7, 11) is 0. The van der Waals surface area contributed by atoms with Gasteiger partial charge in [-0.3, -0.25) is 4.79 Å². The van der Waals surface area contributed by atoms with Gasteiger partial charge in [-0.05, 0) is 43.1 Å².